The van der Waals surface area contributed by atoms with Crippen LogP contribution in [0.5, 0.6) is 0 Å². The van der Waals surface area contributed by atoms with Crippen LogP contribution in [0, 0.1) is 12.8 Å². The molecule has 0 saturated heterocycles. The van der Waals surface area contributed by atoms with Gasteiger partial charge in [-0.15, -0.1) is 11.3 Å². The molecule has 5 heteroatoms. The molecule has 23 heavy (non-hydrogen) atoms. The Balaban J connectivity index is 2.00. The second kappa shape index (κ2) is 5.46. The van der Waals surface area contributed by atoms with Crippen molar-refractivity contribution in [2.45, 2.75) is 33.1 Å². The summed E-state index contributed by atoms with van der Waals surface area (Å²) in [6.07, 6.45) is 3.19. The minimum Gasteiger partial charge on any atom is -0.268 e. The number of halogens is 1. The van der Waals surface area contributed by atoms with Crippen molar-refractivity contribution in [3.8, 4) is 5.69 Å². The molecule has 0 fully saturated rings. The lowest BCUT2D eigenvalue weighted by molar-refractivity contribution is 0.509. The van der Waals surface area contributed by atoms with Gasteiger partial charge in [0.05, 0.1) is 11.1 Å². The second-order valence-corrected chi connectivity index (χ2v) is 7.83. The molecule has 0 radical (unpaired) electrons. The summed E-state index contributed by atoms with van der Waals surface area (Å²) in [5.41, 5.74) is 2.08. The number of aryl methyl sites for hydroxylation is 2. The number of nitrogens with zero attached hydrogens (tertiary/aromatic N) is 2. The van der Waals surface area contributed by atoms with Crippen LogP contribution in [0.3, 0.4) is 0 Å². The summed E-state index contributed by atoms with van der Waals surface area (Å²) in [5.74, 6) is 1.41. The fraction of sp³-hybridized carbons (Fsp3) is 0.333. The van der Waals surface area contributed by atoms with E-state index in [9.17, 15) is 4.79 Å². The molecule has 1 atom stereocenters. The van der Waals surface area contributed by atoms with Gasteiger partial charge in [-0.1, -0.05) is 18.5 Å². The number of aromatic nitrogens is 2. The molecular formula is C18H17ClN2OS. The van der Waals surface area contributed by atoms with Crippen LogP contribution in [0.1, 0.15) is 29.6 Å². The highest BCUT2D eigenvalue weighted by Gasteiger charge is 2.24. The maximum Gasteiger partial charge on any atom is 0.267 e. The summed E-state index contributed by atoms with van der Waals surface area (Å²) >= 11 is 7.66. The molecule has 1 aromatic carbocycles. The van der Waals surface area contributed by atoms with Gasteiger partial charge in [0.2, 0.25) is 0 Å². The van der Waals surface area contributed by atoms with Crippen LogP contribution < -0.4 is 5.56 Å². The van der Waals surface area contributed by atoms with E-state index in [4.69, 9.17) is 16.6 Å². The number of benzene rings is 1. The zero-order valence-electron chi connectivity index (χ0n) is 13.1. The molecule has 3 aromatic rings. The van der Waals surface area contributed by atoms with E-state index < -0.39 is 0 Å². The van der Waals surface area contributed by atoms with Crippen LogP contribution in [0.4, 0.5) is 0 Å². The van der Waals surface area contributed by atoms with E-state index in [1.54, 1.807) is 28.0 Å². The van der Waals surface area contributed by atoms with Crippen molar-refractivity contribution in [1.29, 1.82) is 0 Å². The predicted octanol–water partition coefficient (Wildman–Crippen LogP) is 4.53. The summed E-state index contributed by atoms with van der Waals surface area (Å²) in [6.45, 7) is 4.16. The van der Waals surface area contributed by atoms with Gasteiger partial charge in [0.15, 0.2) is 0 Å². The molecule has 0 spiro atoms. The SMILES string of the molecule is Cc1nc2sc3c(c2c(=O)n1-c1ccc(Cl)cc1)CC[C@H](C)C3. The lowest BCUT2D eigenvalue weighted by atomic mass is 9.89. The minimum atomic E-state index is 0.0434. The number of thiophene rings is 1. The standard InChI is InChI=1S/C18H17ClN2OS/c1-10-3-8-14-15(9-10)23-17-16(14)18(22)21(11(2)20-17)13-6-4-12(19)5-7-13/h4-7,10H,3,8-9H2,1-2H3/t10-/m0/s1. The van der Waals surface area contributed by atoms with Crippen molar-refractivity contribution < 1.29 is 0 Å². The van der Waals surface area contributed by atoms with E-state index >= 15 is 0 Å². The number of rotatable bonds is 1. The van der Waals surface area contributed by atoms with Crippen LogP contribution in [0.2, 0.25) is 5.02 Å². The predicted molar refractivity (Wildman–Crippen MR) is 96.2 cm³/mol. The van der Waals surface area contributed by atoms with Gasteiger partial charge in [-0.05, 0) is 61.9 Å². The Morgan fingerprint density at radius 1 is 1.30 bits per heavy atom. The van der Waals surface area contributed by atoms with E-state index in [2.05, 4.69) is 6.92 Å². The van der Waals surface area contributed by atoms with Crippen molar-refractivity contribution in [2.24, 2.45) is 5.92 Å². The Morgan fingerprint density at radius 3 is 2.78 bits per heavy atom. The van der Waals surface area contributed by atoms with E-state index in [1.807, 2.05) is 19.1 Å². The first-order valence-corrected chi connectivity index (χ1v) is 9.04. The van der Waals surface area contributed by atoms with E-state index in [-0.39, 0.29) is 5.56 Å². The third-order valence-corrected chi connectivity index (χ3v) is 5.98. The molecule has 4 rings (SSSR count). The molecule has 0 unspecified atom stereocenters. The number of hydrogen-bond acceptors (Lipinski definition) is 3. The Hall–Kier alpha value is -1.65. The Kier molecular flexibility index (Phi) is 3.54. The monoisotopic (exact) mass is 344 g/mol. The van der Waals surface area contributed by atoms with Crippen molar-refractivity contribution in [1.82, 2.24) is 9.55 Å². The molecule has 0 aliphatic heterocycles. The summed E-state index contributed by atoms with van der Waals surface area (Å²) in [5, 5.41) is 1.48. The zero-order chi connectivity index (χ0) is 16.1. The highest BCUT2D eigenvalue weighted by Crippen LogP contribution is 2.36. The van der Waals surface area contributed by atoms with Crippen molar-refractivity contribution in [3.05, 3.63) is 55.9 Å². The lowest BCUT2D eigenvalue weighted by Gasteiger charge is -2.17. The summed E-state index contributed by atoms with van der Waals surface area (Å²) in [7, 11) is 0. The summed E-state index contributed by atoms with van der Waals surface area (Å²) < 4.78 is 1.70. The van der Waals surface area contributed by atoms with Crippen molar-refractivity contribution in [3.63, 3.8) is 0 Å². The van der Waals surface area contributed by atoms with Gasteiger partial charge in [-0.2, -0.15) is 0 Å². The third kappa shape index (κ3) is 2.41. The number of hydrogen-bond donors (Lipinski definition) is 0. The minimum absolute atomic E-state index is 0.0434. The fourth-order valence-electron chi connectivity index (χ4n) is 3.39. The normalized spacial score (nSPS) is 17.4. The quantitative estimate of drug-likeness (QED) is 0.650. The van der Waals surface area contributed by atoms with E-state index in [0.29, 0.717) is 10.9 Å². The molecule has 2 aromatic heterocycles. The maximum absolute atomic E-state index is 13.1. The second-order valence-electron chi connectivity index (χ2n) is 6.31. The molecule has 0 bridgehead atoms. The number of fused-ring (bicyclic) bond motifs is 3. The van der Waals surface area contributed by atoms with E-state index in [1.165, 1.54) is 10.4 Å². The Labute approximate surface area is 143 Å². The molecule has 0 N–H and O–H groups in total. The van der Waals surface area contributed by atoms with Crippen LogP contribution in [0.15, 0.2) is 29.1 Å². The molecule has 2 heterocycles. The lowest BCUT2D eigenvalue weighted by Crippen LogP contribution is -2.23. The Morgan fingerprint density at radius 2 is 2.04 bits per heavy atom. The first-order chi connectivity index (χ1) is 11.0. The molecule has 118 valence electrons. The smallest absolute Gasteiger partial charge is 0.267 e. The molecular weight excluding hydrogens is 328 g/mol. The van der Waals surface area contributed by atoms with Gasteiger partial charge in [-0.3, -0.25) is 9.36 Å². The van der Waals surface area contributed by atoms with Crippen LogP contribution in [-0.4, -0.2) is 9.55 Å². The first-order valence-electron chi connectivity index (χ1n) is 7.84. The van der Waals surface area contributed by atoms with Gasteiger partial charge in [0.1, 0.15) is 10.7 Å². The van der Waals surface area contributed by atoms with Gasteiger partial charge >= 0.3 is 0 Å². The average Bonchev–Trinajstić information content (AvgIpc) is 2.86. The molecule has 3 nitrogen and oxygen atoms in total. The van der Waals surface area contributed by atoms with Gasteiger partial charge < -0.3 is 0 Å². The van der Waals surface area contributed by atoms with Crippen molar-refractivity contribution in [2.75, 3.05) is 0 Å². The highest BCUT2D eigenvalue weighted by molar-refractivity contribution is 7.18. The van der Waals surface area contributed by atoms with Crippen LogP contribution in [0.25, 0.3) is 15.9 Å². The molecule has 0 saturated carbocycles. The van der Waals surface area contributed by atoms with Gasteiger partial charge in [-0.25, -0.2) is 4.98 Å². The van der Waals surface area contributed by atoms with Gasteiger partial charge in [0, 0.05) is 9.90 Å². The maximum atomic E-state index is 13.1. The highest BCUT2D eigenvalue weighted by atomic mass is 35.5. The van der Waals surface area contributed by atoms with E-state index in [0.717, 1.165) is 41.0 Å². The zero-order valence-corrected chi connectivity index (χ0v) is 14.7. The van der Waals surface area contributed by atoms with Crippen LogP contribution >= 0.6 is 22.9 Å². The molecule has 0 amide bonds. The van der Waals surface area contributed by atoms with Crippen molar-refractivity contribution >= 4 is 33.2 Å². The molecule has 1 aliphatic carbocycles. The topological polar surface area (TPSA) is 34.9 Å². The summed E-state index contributed by atoms with van der Waals surface area (Å²) in [4.78, 5) is 20.1. The fourth-order valence-corrected chi connectivity index (χ4v) is 4.93. The Bertz CT molecular complexity index is 956. The average molecular weight is 345 g/mol. The van der Waals surface area contributed by atoms with Crippen LogP contribution in [-0.2, 0) is 12.8 Å². The third-order valence-electron chi connectivity index (χ3n) is 4.58. The summed E-state index contributed by atoms with van der Waals surface area (Å²) in [6, 6.07) is 7.34. The first kappa shape index (κ1) is 14.9. The van der Waals surface area contributed by atoms with Gasteiger partial charge in [0.25, 0.3) is 5.56 Å². The largest absolute Gasteiger partial charge is 0.268 e. The molecule has 1 aliphatic rings.